The Morgan fingerprint density at radius 2 is 2.15 bits per heavy atom. The second kappa shape index (κ2) is 7.19. The standard InChI is InChI=1S/C10H14ClN.ClH/c1-12-7-3-5-9-4-2-6-10(11)8-9;/h2,4,6,8,12H,3,5,7H2,1H3;1H. The molecule has 0 amide bonds. The molecule has 1 nitrogen and oxygen atoms in total. The third-order valence-corrected chi connectivity index (χ3v) is 2.02. The summed E-state index contributed by atoms with van der Waals surface area (Å²) < 4.78 is 0. The summed E-state index contributed by atoms with van der Waals surface area (Å²) in [7, 11) is 1.97. The summed E-state index contributed by atoms with van der Waals surface area (Å²) in [6.45, 7) is 1.06. The smallest absolute Gasteiger partial charge is 0.0408 e. The maximum Gasteiger partial charge on any atom is 0.0408 e. The van der Waals surface area contributed by atoms with Crippen LogP contribution in [0.25, 0.3) is 0 Å². The van der Waals surface area contributed by atoms with Crippen molar-refractivity contribution in [1.82, 2.24) is 5.32 Å². The van der Waals surface area contributed by atoms with E-state index in [9.17, 15) is 0 Å². The highest BCUT2D eigenvalue weighted by atomic mass is 35.5. The quantitative estimate of drug-likeness (QED) is 0.769. The Bertz CT molecular complexity index is 238. The minimum atomic E-state index is 0. The van der Waals surface area contributed by atoms with Gasteiger partial charge >= 0.3 is 0 Å². The van der Waals surface area contributed by atoms with Crippen LogP contribution in [0, 0.1) is 0 Å². The number of nitrogens with one attached hydrogen (secondary N) is 1. The summed E-state index contributed by atoms with van der Waals surface area (Å²) in [4.78, 5) is 0. The van der Waals surface area contributed by atoms with Gasteiger partial charge in [-0.05, 0) is 44.1 Å². The van der Waals surface area contributed by atoms with Gasteiger partial charge in [0.05, 0.1) is 0 Å². The van der Waals surface area contributed by atoms with Crippen LogP contribution in [-0.4, -0.2) is 13.6 Å². The van der Waals surface area contributed by atoms with Crippen LogP contribution in [0.4, 0.5) is 0 Å². The van der Waals surface area contributed by atoms with Crippen LogP contribution in [0.2, 0.25) is 5.02 Å². The zero-order valence-electron chi connectivity index (χ0n) is 7.72. The monoisotopic (exact) mass is 219 g/mol. The van der Waals surface area contributed by atoms with Gasteiger partial charge in [0, 0.05) is 5.02 Å². The Balaban J connectivity index is 0.00000144. The molecular weight excluding hydrogens is 205 g/mol. The van der Waals surface area contributed by atoms with Crippen molar-refractivity contribution in [2.75, 3.05) is 13.6 Å². The minimum absolute atomic E-state index is 0. The van der Waals surface area contributed by atoms with Gasteiger partial charge in [-0.1, -0.05) is 23.7 Å². The first-order valence-corrected chi connectivity index (χ1v) is 4.60. The van der Waals surface area contributed by atoms with E-state index in [0.29, 0.717) is 0 Å². The van der Waals surface area contributed by atoms with Gasteiger partial charge in [0.1, 0.15) is 0 Å². The van der Waals surface area contributed by atoms with Crippen molar-refractivity contribution in [3.8, 4) is 0 Å². The van der Waals surface area contributed by atoms with Crippen molar-refractivity contribution in [1.29, 1.82) is 0 Å². The predicted molar refractivity (Wildman–Crippen MR) is 60.9 cm³/mol. The van der Waals surface area contributed by atoms with E-state index in [1.165, 1.54) is 5.56 Å². The van der Waals surface area contributed by atoms with Crippen LogP contribution in [0.1, 0.15) is 12.0 Å². The number of hydrogen-bond acceptors (Lipinski definition) is 1. The molecule has 0 heterocycles. The van der Waals surface area contributed by atoms with E-state index in [-0.39, 0.29) is 12.4 Å². The molecule has 0 unspecified atom stereocenters. The highest BCUT2D eigenvalue weighted by Gasteiger charge is 1.92. The molecule has 0 aliphatic rings. The van der Waals surface area contributed by atoms with Gasteiger partial charge in [-0.3, -0.25) is 0 Å². The first kappa shape index (κ1) is 12.8. The van der Waals surface area contributed by atoms with E-state index < -0.39 is 0 Å². The van der Waals surface area contributed by atoms with Gasteiger partial charge < -0.3 is 5.32 Å². The molecule has 0 saturated carbocycles. The lowest BCUT2D eigenvalue weighted by Crippen LogP contribution is -2.08. The molecule has 0 aromatic heterocycles. The van der Waals surface area contributed by atoms with Crippen LogP contribution in [0.3, 0.4) is 0 Å². The summed E-state index contributed by atoms with van der Waals surface area (Å²) in [6, 6.07) is 8.04. The number of aryl methyl sites for hydroxylation is 1. The lowest BCUT2D eigenvalue weighted by molar-refractivity contribution is 0.725. The molecule has 0 aliphatic carbocycles. The van der Waals surface area contributed by atoms with Gasteiger partial charge in [0.15, 0.2) is 0 Å². The molecule has 0 bridgehead atoms. The van der Waals surface area contributed by atoms with Crippen molar-refractivity contribution < 1.29 is 0 Å². The fourth-order valence-electron chi connectivity index (χ4n) is 1.16. The molecule has 1 rings (SSSR count). The third-order valence-electron chi connectivity index (χ3n) is 1.78. The molecule has 1 aromatic carbocycles. The summed E-state index contributed by atoms with van der Waals surface area (Å²) in [5.74, 6) is 0. The number of hydrogen-bond donors (Lipinski definition) is 1. The first-order chi connectivity index (χ1) is 5.83. The topological polar surface area (TPSA) is 12.0 Å². The Morgan fingerprint density at radius 3 is 2.77 bits per heavy atom. The van der Waals surface area contributed by atoms with E-state index in [4.69, 9.17) is 11.6 Å². The highest BCUT2D eigenvalue weighted by Crippen LogP contribution is 2.11. The summed E-state index contributed by atoms with van der Waals surface area (Å²) >= 11 is 5.84. The van der Waals surface area contributed by atoms with Gasteiger partial charge in [-0.25, -0.2) is 0 Å². The molecule has 0 spiro atoms. The van der Waals surface area contributed by atoms with Crippen LogP contribution < -0.4 is 5.32 Å². The number of halogens is 2. The molecule has 3 heteroatoms. The Morgan fingerprint density at radius 1 is 1.38 bits per heavy atom. The van der Waals surface area contributed by atoms with Gasteiger partial charge in [0.2, 0.25) is 0 Å². The largest absolute Gasteiger partial charge is 0.320 e. The highest BCUT2D eigenvalue weighted by molar-refractivity contribution is 6.30. The van der Waals surface area contributed by atoms with Crippen molar-refractivity contribution >= 4 is 24.0 Å². The Labute approximate surface area is 90.9 Å². The van der Waals surface area contributed by atoms with Gasteiger partial charge in [-0.2, -0.15) is 0 Å². The Kier molecular flexibility index (Phi) is 7.06. The second-order valence-corrected chi connectivity index (χ2v) is 3.27. The van der Waals surface area contributed by atoms with Crippen molar-refractivity contribution in [3.05, 3.63) is 34.9 Å². The van der Waals surface area contributed by atoms with Crippen LogP contribution in [-0.2, 0) is 6.42 Å². The van der Waals surface area contributed by atoms with Gasteiger partial charge in [-0.15, -0.1) is 12.4 Å². The van der Waals surface area contributed by atoms with Crippen LogP contribution in [0.5, 0.6) is 0 Å². The minimum Gasteiger partial charge on any atom is -0.320 e. The average Bonchev–Trinajstić information content (AvgIpc) is 2.05. The van der Waals surface area contributed by atoms with Crippen LogP contribution in [0.15, 0.2) is 24.3 Å². The third kappa shape index (κ3) is 5.14. The van der Waals surface area contributed by atoms with Crippen LogP contribution >= 0.6 is 24.0 Å². The molecule has 1 N–H and O–H groups in total. The zero-order chi connectivity index (χ0) is 8.81. The summed E-state index contributed by atoms with van der Waals surface area (Å²) in [5.41, 5.74) is 1.32. The van der Waals surface area contributed by atoms with E-state index in [1.54, 1.807) is 0 Å². The van der Waals surface area contributed by atoms with E-state index in [2.05, 4.69) is 11.4 Å². The van der Waals surface area contributed by atoms with Crippen molar-refractivity contribution in [3.63, 3.8) is 0 Å². The molecule has 0 saturated heterocycles. The fourth-order valence-corrected chi connectivity index (χ4v) is 1.37. The Hall–Kier alpha value is -0.240. The van der Waals surface area contributed by atoms with Crippen molar-refractivity contribution in [2.24, 2.45) is 0 Å². The SMILES string of the molecule is CNCCCc1cccc(Cl)c1.Cl. The van der Waals surface area contributed by atoms with E-state index in [1.807, 2.05) is 25.2 Å². The van der Waals surface area contributed by atoms with Crippen molar-refractivity contribution in [2.45, 2.75) is 12.8 Å². The normalized spacial score (nSPS) is 9.38. The summed E-state index contributed by atoms with van der Waals surface area (Å²) in [6.07, 6.45) is 2.26. The number of benzene rings is 1. The lowest BCUT2D eigenvalue weighted by atomic mass is 10.1. The molecule has 0 radical (unpaired) electrons. The van der Waals surface area contributed by atoms with E-state index in [0.717, 1.165) is 24.4 Å². The average molecular weight is 220 g/mol. The maximum atomic E-state index is 5.84. The van der Waals surface area contributed by atoms with Gasteiger partial charge in [0.25, 0.3) is 0 Å². The first-order valence-electron chi connectivity index (χ1n) is 4.22. The maximum absolute atomic E-state index is 5.84. The zero-order valence-corrected chi connectivity index (χ0v) is 9.29. The molecule has 0 aliphatic heterocycles. The summed E-state index contributed by atoms with van der Waals surface area (Å²) in [5, 5.41) is 3.95. The van der Waals surface area contributed by atoms with E-state index >= 15 is 0 Å². The molecule has 1 aromatic rings. The lowest BCUT2D eigenvalue weighted by Gasteiger charge is -2.00. The number of rotatable bonds is 4. The molecule has 0 atom stereocenters. The molecule has 74 valence electrons. The molecule has 13 heavy (non-hydrogen) atoms. The fraction of sp³-hybridized carbons (Fsp3) is 0.400. The molecule has 0 fully saturated rings. The second-order valence-electron chi connectivity index (χ2n) is 2.84. The molecular formula is C10H15Cl2N. The predicted octanol–water partition coefficient (Wildman–Crippen LogP) is 2.91.